The Balaban J connectivity index is 4.27. The first-order chi connectivity index (χ1) is 4.59. The van der Waals surface area contributed by atoms with Crippen LogP contribution in [0, 0.1) is 11.3 Å². The molecule has 0 spiro atoms. The maximum absolute atomic E-state index is 12.3. The van der Waals surface area contributed by atoms with Crippen molar-refractivity contribution in [2.24, 2.45) is 5.92 Å². The van der Waals surface area contributed by atoms with Gasteiger partial charge in [0, 0.05) is 18.8 Å². The Hall–Kier alpha value is -0.860. The zero-order chi connectivity index (χ0) is 8.15. The zero-order valence-electron chi connectivity index (χ0n) is 6.53. The summed E-state index contributed by atoms with van der Waals surface area (Å²) in [7, 11) is 1.69. The van der Waals surface area contributed by atoms with Gasteiger partial charge in [0.1, 0.15) is 0 Å². The first kappa shape index (κ1) is 9.14. The van der Waals surface area contributed by atoms with E-state index in [-0.39, 0.29) is 5.92 Å². The fraction of sp³-hybridized carbons (Fsp3) is 0.571. The van der Waals surface area contributed by atoms with Crippen LogP contribution < -0.4 is 5.32 Å². The third-order valence-corrected chi connectivity index (χ3v) is 1.18. The van der Waals surface area contributed by atoms with Crippen LogP contribution in [0.3, 0.4) is 0 Å². The summed E-state index contributed by atoms with van der Waals surface area (Å²) >= 11 is 0. The van der Waals surface area contributed by atoms with E-state index in [0.717, 1.165) is 0 Å². The molecule has 0 saturated carbocycles. The molecule has 58 valence electrons. The molecule has 2 nitrogen and oxygen atoms in total. The first-order valence-electron chi connectivity index (χ1n) is 3.21. The third kappa shape index (κ3) is 2.62. The Bertz CT molecular complexity index is 150. The summed E-state index contributed by atoms with van der Waals surface area (Å²) in [4.78, 5) is 0. The quantitative estimate of drug-likeness (QED) is 0.581. The Kier molecular flexibility index (Phi) is 3.69. The first-order valence-corrected chi connectivity index (χ1v) is 3.21. The SMILES string of the molecule is CN/C=C(\C(=N)F)C(C)C. The third-order valence-electron chi connectivity index (χ3n) is 1.18. The minimum Gasteiger partial charge on any atom is -0.394 e. The number of allylic oxidation sites excluding steroid dienone is 1. The molecule has 0 aliphatic rings. The highest BCUT2D eigenvalue weighted by Gasteiger charge is 2.07. The highest BCUT2D eigenvalue weighted by atomic mass is 19.1. The average molecular weight is 144 g/mol. The van der Waals surface area contributed by atoms with Gasteiger partial charge in [-0.15, -0.1) is 0 Å². The normalized spacial score (nSPS) is 11.9. The second-order valence-electron chi connectivity index (χ2n) is 2.36. The van der Waals surface area contributed by atoms with E-state index in [1.165, 1.54) is 6.20 Å². The molecule has 0 heterocycles. The van der Waals surface area contributed by atoms with Crippen molar-refractivity contribution in [1.82, 2.24) is 5.32 Å². The van der Waals surface area contributed by atoms with Gasteiger partial charge in [-0.3, -0.25) is 5.41 Å². The number of halogens is 1. The molecule has 0 aromatic heterocycles. The summed E-state index contributed by atoms with van der Waals surface area (Å²) in [6, 6.07) is 0. The molecule has 0 aliphatic carbocycles. The lowest BCUT2D eigenvalue weighted by Gasteiger charge is -2.05. The van der Waals surface area contributed by atoms with Crippen molar-refractivity contribution in [2.75, 3.05) is 7.05 Å². The fourth-order valence-corrected chi connectivity index (χ4v) is 0.639. The van der Waals surface area contributed by atoms with Crippen LogP contribution in [0.5, 0.6) is 0 Å². The molecule has 0 unspecified atom stereocenters. The topological polar surface area (TPSA) is 35.9 Å². The van der Waals surface area contributed by atoms with Gasteiger partial charge in [0.25, 0.3) is 0 Å². The van der Waals surface area contributed by atoms with E-state index in [9.17, 15) is 4.39 Å². The molecule has 0 fully saturated rings. The molecular formula is C7H13FN2. The summed E-state index contributed by atoms with van der Waals surface area (Å²) in [6.45, 7) is 3.69. The highest BCUT2D eigenvalue weighted by Crippen LogP contribution is 2.09. The predicted molar refractivity (Wildman–Crippen MR) is 40.8 cm³/mol. The van der Waals surface area contributed by atoms with Gasteiger partial charge in [0.2, 0.25) is 5.97 Å². The lowest BCUT2D eigenvalue weighted by atomic mass is 10.1. The minimum atomic E-state index is -0.857. The number of nitrogens with one attached hydrogen (secondary N) is 2. The number of hydrogen-bond donors (Lipinski definition) is 2. The Morgan fingerprint density at radius 1 is 1.60 bits per heavy atom. The van der Waals surface area contributed by atoms with E-state index < -0.39 is 5.97 Å². The van der Waals surface area contributed by atoms with E-state index in [4.69, 9.17) is 5.41 Å². The van der Waals surface area contributed by atoms with Gasteiger partial charge in [-0.2, -0.15) is 4.39 Å². The summed E-state index contributed by atoms with van der Waals surface area (Å²) in [6.07, 6.45) is 1.51. The standard InChI is InChI=1S/C7H13FN2/c1-5(2)6(4-10-3)7(8)9/h4-5,9-10H,1-3H3/b6-4-,9-7?. The molecule has 0 saturated heterocycles. The minimum absolute atomic E-state index is 0.0601. The summed E-state index contributed by atoms with van der Waals surface area (Å²) in [5.74, 6) is -0.797. The molecule has 0 aliphatic heterocycles. The smallest absolute Gasteiger partial charge is 0.210 e. The predicted octanol–water partition coefficient (Wildman–Crippen LogP) is 1.69. The van der Waals surface area contributed by atoms with Gasteiger partial charge in [0.05, 0.1) is 0 Å². The average Bonchev–Trinajstić information content (AvgIpc) is 1.81. The van der Waals surface area contributed by atoms with Crippen molar-refractivity contribution < 1.29 is 4.39 Å². The fourth-order valence-electron chi connectivity index (χ4n) is 0.639. The van der Waals surface area contributed by atoms with Gasteiger partial charge in [0.15, 0.2) is 0 Å². The summed E-state index contributed by atoms with van der Waals surface area (Å²) in [5, 5.41) is 9.40. The Labute approximate surface area is 60.6 Å². The van der Waals surface area contributed by atoms with Crippen LogP contribution >= 0.6 is 0 Å². The van der Waals surface area contributed by atoms with E-state index in [1.54, 1.807) is 7.05 Å². The molecule has 10 heavy (non-hydrogen) atoms. The molecule has 2 N–H and O–H groups in total. The van der Waals surface area contributed by atoms with Crippen molar-refractivity contribution in [3.8, 4) is 0 Å². The van der Waals surface area contributed by atoms with Crippen LogP contribution in [0.2, 0.25) is 0 Å². The molecule has 0 atom stereocenters. The van der Waals surface area contributed by atoms with Gasteiger partial charge in [-0.05, 0) is 5.92 Å². The molecule has 0 radical (unpaired) electrons. The van der Waals surface area contributed by atoms with Crippen molar-refractivity contribution in [1.29, 1.82) is 5.41 Å². The maximum atomic E-state index is 12.3. The van der Waals surface area contributed by atoms with E-state index in [0.29, 0.717) is 5.57 Å². The van der Waals surface area contributed by atoms with E-state index >= 15 is 0 Å². The summed E-state index contributed by atoms with van der Waals surface area (Å²) in [5.41, 5.74) is 0.405. The number of hydrogen-bond acceptors (Lipinski definition) is 2. The van der Waals surface area contributed by atoms with Gasteiger partial charge >= 0.3 is 0 Å². The lowest BCUT2D eigenvalue weighted by Crippen LogP contribution is -2.07. The van der Waals surface area contributed by atoms with Crippen LogP contribution in [0.25, 0.3) is 0 Å². The lowest BCUT2D eigenvalue weighted by molar-refractivity contribution is 0.721. The largest absolute Gasteiger partial charge is 0.394 e. The zero-order valence-corrected chi connectivity index (χ0v) is 6.53. The van der Waals surface area contributed by atoms with Crippen LogP contribution in [-0.2, 0) is 0 Å². The van der Waals surface area contributed by atoms with Crippen LogP contribution in [0.15, 0.2) is 11.8 Å². The van der Waals surface area contributed by atoms with E-state index in [2.05, 4.69) is 5.32 Å². The summed E-state index contributed by atoms with van der Waals surface area (Å²) < 4.78 is 12.3. The Morgan fingerprint density at radius 3 is 2.20 bits per heavy atom. The van der Waals surface area contributed by atoms with Crippen molar-refractivity contribution in [3.05, 3.63) is 11.8 Å². The molecule has 0 aromatic rings. The van der Waals surface area contributed by atoms with Crippen LogP contribution in [0.1, 0.15) is 13.8 Å². The van der Waals surface area contributed by atoms with Crippen molar-refractivity contribution in [2.45, 2.75) is 13.8 Å². The van der Waals surface area contributed by atoms with Crippen molar-refractivity contribution in [3.63, 3.8) is 0 Å². The Morgan fingerprint density at radius 2 is 2.10 bits per heavy atom. The van der Waals surface area contributed by atoms with Gasteiger partial charge in [-0.1, -0.05) is 13.8 Å². The monoisotopic (exact) mass is 144 g/mol. The van der Waals surface area contributed by atoms with Gasteiger partial charge < -0.3 is 5.32 Å². The van der Waals surface area contributed by atoms with Crippen LogP contribution in [0.4, 0.5) is 4.39 Å². The second-order valence-corrected chi connectivity index (χ2v) is 2.36. The molecule has 0 amide bonds. The molecular weight excluding hydrogens is 131 g/mol. The van der Waals surface area contributed by atoms with Crippen LogP contribution in [-0.4, -0.2) is 13.0 Å². The molecule has 0 rings (SSSR count). The highest BCUT2D eigenvalue weighted by molar-refractivity contribution is 5.90. The van der Waals surface area contributed by atoms with Gasteiger partial charge in [-0.25, -0.2) is 0 Å². The maximum Gasteiger partial charge on any atom is 0.210 e. The van der Waals surface area contributed by atoms with Crippen molar-refractivity contribution >= 4 is 5.97 Å². The molecule has 0 bridgehead atoms. The number of rotatable bonds is 3. The molecule has 0 aromatic carbocycles. The second kappa shape index (κ2) is 4.04. The molecule has 3 heteroatoms. The van der Waals surface area contributed by atoms with E-state index in [1.807, 2.05) is 13.8 Å².